The van der Waals surface area contributed by atoms with Crippen molar-refractivity contribution in [1.29, 1.82) is 0 Å². The summed E-state index contributed by atoms with van der Waals surface area (Å²) in [6.45, 7) is 7.70. The summed E-state index contributed by atoms with van der Waals surface area (Å²) in [7, 11) is 0. The van der Waals surface area contributed by atoms with Gasteiger partial charge in [0, 0.05) is 17.8 Å². The second kappa shape index (κ2) is 8.39. The highest BCUT2D eigenvalue weighted by atomic mass is 16.5. The fourth-order valence-electron chi connectivity index (χ4n) is 3.16. The van der Waals surface area contributed by atoms with Crippen LogP contribution in [0.4, 0.5) is 11.4 Å². The minimum Gasteiger partial charge on any atom is -0.489 e. The Kier molecular flexibility index (Phi) is 5.92. The molecule has 3 rings (SSSR count). The average molecular weight is 393 g/mol. The lowest BCUT2D eigenvalue weighted by Gasteiger charge is -2.30. The second-order valence-electron chi connectivity index (χ2n) is 8.11. The first-order chi connectivity index (χ1) is 13.7. The number of nitrogens with one attached hydrogen (secondary N) is 1. The standard InChI is InChI=1S/C23H27N3O3/c1-23(2,3)17-7-4-16(5-8-17)6-11-22(28)25-18-9-10-19-20(14-18)29-13-12-26(19)15-21(24)27/h4-11,14H,12-13,15H2,1-3H3,(H2,24,27)(H,25,28)/b11-6+. The van der Waals surface area contributed by atoms with Gasteiger partial charge in [-0.3, -0.25) is 9.59 Å². The minimum absolute atomic E-state index is 0.0984. The highest BCUT2D eigenvalue weighted by molar-refractivity contribution is 6.02. The first kappa shape index (κ1) is 20.5. The molecule has 1 aliphatic heterocycles. The minimum atomic E-state index is -0.393. The van der Waals surface area contributed by atoms with Crippen molar-refractivity contribution in [2.24, 2.45) is 5.73 Å². The summed E-state index contributed by atoms with van der Waals surface area (Å²) >= 11 is 0. The molecule has 0 radical (unpaired) electrons. The van der Waals surface area contributed by atoms with Crippen LogP contribution in [-0.2, 0) is 15.0 Å². The smallest absolute Gasteiger partial charge is 0.248 e. The number of benzene rings is 2. The number of anilines is 2. The molecule has 29 heavy (non-hydrogen) atoms. The number of nitrogens with zero attached hydrogens (tertiary/aromatic N) is 1. The van der Waals surface area contributed by atoms with E-state index in [1.54, 1.807) is 18.2 Å². The van der Waals surface area contributed by atoms with Gasteiger partial charge in [-0.2, -0.15) is 0 Å². The largest absolute Gasteiger partial charge is 0.489 e. The molecule has 1 heterocycles. The van der Waals surface area contributed by atoms with E-state index in [2.05, 4.69) is 38.2 Å². The van der Waals surface area contributed by atoms with Crippen LogP contribution in [0.1, 0.15) is 31.9 Å². The zero-order chi connectivity index (χ0) is 21.0. The van der Waals surface area contributed by atoms with E-state index >= 15 is 0 Å². The summed E-state index contributed by atoms with van der Waals surface area (Å²) in [5, 5.41) is 2.84. The number of hydrogen-bond acceptors (Lipinski definition) is 4. The van der Waals surface area contributed by atoms with Crippen LogP contribution in [0.15, 0.2) is 48.5 Å². The fraction of sp³-hybridized carbons (Fsp3) is 0.304. The van der Waals surface area contributed by atoms with Crippen LogP contribution in [0, 0.1) is 0 Å². The van der Waals surface area contributed by atoms with Crippen LogP contribution in [0.3, 0.4) is 0 Å². The molecule has 3 N–H and O–H groups in total. The van der Waals surface area contributed by atoms with Crippen molar-refractivity contribution in [3.05, 3.63) is 59.7 Å². The Morgan fingerprint density at radius 1 is 1.17 bits per heavy atom. The molecule has 0 saturated carbocycles. The predicted molar refractivity (Wildman–Crippen MR) is 116 cm³/mol. The molecule has 0 fully saturated rings. The molecule has 2 aromatic rings. The molecule has 2 aromatic carbocycles. The van der Waals surface area contributed by atoms with Crippen molar-refractivity contribution >= 4 is 29.3 Å². The Hall–Kier alpha value is -3.28. The zero-order valence-corrected chi connectivity index (χ0v) is 17.1. The summed E-state index contributed by atoms with van der Waals surface area (Å²) in [5.41, 5.74) is 9.03. The van der Waals surface area contributed by atoms with Gasteiger partial charge >= 0.3 is 0 Å². The monoisotopic (exact) mass is 393 g/mol. The van der Waals surface area contributed by atoms with Gasteiger partial charge in [0.1, 0.15) is 12.4 Å². The molecule has 0 spiro atoms. The summed E-state index contributed by atoms with van der Waals surface area (Å²) in [6, 6.07) is 13.5. The maximum atomic E-state index is 12.3. The number of carbonyl (C=O) groups excluding carboxylic acids is 2. The normalized spacial score (nSPS) is 13.7. The maximum Gasteiger partial charge on any atom is 0.248 e. The summed E-state index contributed by atoms with van der Waals surface area (Å²) < 4.78 is 5.66. The molecule has 0 bridgehead atoms. The van der Waals surface area contributed by atoms with Crippen LogP contribution >= 0.6 is 0 Å². The molecule has 6 nitrogen and oxygen atoms in total. The van der Waals surface area contributed by atoms with E-state index in [-0.39, 0.29) is 17.9 Å². The molecule has 0 aliphatic carbocycles. The lowest BCUT2D eigenvalue weighted by molar-refractivity contribution is -0.116. The van der Waals surface area contributed by atoms with Gasteiger partial charge in [-0.25, -0.2) is 0 Å². The first-order valence-corrected chi connectivity index (χ1v) is 9.62. The Bertz CT molecular complexity index is 927. The molecular weight excluding hydrogens is 366 g/mol. The first-order valence-electron chi connectivity index (χ1n) is 9.62. The van der Waals surface area contributed by atoms with Crippen molar-refractivity contribution < 1.29 is 14.3 Å². The number of fused-ring (bicyclic) bond motifs is 1. The highest BCUT2D eigenvalue weighted by Crippen LogP contribution is 2.34. The van der Waals surface area contributed by atoms with Gasteiger partial charge in [0.2, 0.25) is 11.8 Å². The van der Waals surface area contributed by atoms with E-state index in [1.807, 2.05) is 23.1 Å². The van der Waals surface area contributed by atoms with Gasteiger partial charge in [0.25, 0.3) is 0 Å². The summed E-state index contributed by atoms with van der Waals surface area (Å²) in [5.74, 6) is 0.00240. The molecule has 0 saturated heterocycles. The fourth-order valence-corrected chi connectivity index (χ4v) is 3.16. The average Bonchev–Trinajstić information content (AvgIpc) is 2.65. The number of primary amides is 1. The Balaban J connectivity index is 1.65. The quantitative estimate of drug-likeness (QED) is 0.763. The zero-order valence-electron chi connectivity index (χ0n) is 17.1. The Labute approximate surface area is 171 Å². The molecule has 1 aliphatic rings. The molecule has 0 unspecified atom stereocenters. The number of rotatable bonds is 5. The lowest BCUT2D eigenvalue weighted by atomic mass is 9.87. The van der Waals surface area contributed by atoms with E-state index in [9.17, 15) is 9.59 Å². The molecule has 6 heteroatoms. The van der Waals surface area contributed by atoms with Gasteiger partial charge < -0.3 is 20.7 Å². The van der Waals surface area contributed by atoms with Crippen LogP contribution < -0.4 is 20.7 Å². The molecular formula is C23H27N3O3. The van der Waals surface area contributed by atoms with Crippen molar-refractivity contribution in [3.8, 4) is 5.75 Å². The lowest BCUT2D eigenvalue weighted by Crippen LogP contribution is -2.39. The third-order valence-electron chi connectivity index (χ3n) is 4.74. The second-order valence-corrected chi connectivity index (χ2v) is 8.11. The number of carbonyl (C=O) groups is 2. The third-order valence-corrected chi connectivity index (χ3v) is 4.74. The maximum absolute atomic E-state index is 12.3. The molecule has 0 atom stereocenters. The van der Waals surface area contributed by atoms with E-state index in [4.69, 9.17) is 10.5 Å². The van der Waals surface area contributed by atoms with Crippen LogP contribution in [0.5, 0.6) is 5.75 Å². The van der Waals surface area contributed by atoms with E-state index < -0.39 is 5.91 Å². The SMILES string of the molecule is CC(C)(C)c1ccc(/C=C/C(=O)Nc2ccc3c(c2)OCCN3CC(N)=O)cc1. The topological polar surface area (TPSA) is 84.7 Å². The van der Waals surface area contributed by atoms with E-state index in [0.29, 0.717) is 24.6 Å². The van der Waals surface area contributed by atoms with E-state index in [1.165, 1.54) is 11.6 Å². The molecule has 152 valence electrons. The third kappa shape index (κ3) is 5.38. The summed E-state index contributed by atoms with van der Waals surface area (Å²) in [6.07, 6.45) is 3.29. The van der Waals surface area contributed by atoms with Crippen LogP contribution in [-0.4, -0.2) is 31.5 Å². The Morgan fingerprint density at radius 3 is 2.55 bits per heavy atom. The summed E-state index contributed by atoms with van der Waals surface area (Å²) in [4.78, 5) is 25.4. The number of nitrogens with two attached hydrogens (primary N) is 1. The van der Waals surface area contributed by atoms with Crippen LogP contribution in [0.2, 0.25) is 0 Å². The molecule has 0 aromatic heterocycles. The number of amides is 2. The van der Waals surface area contributed by atoms with Crippen molar-refractivity contribution in [3.63, 3.8) is 0 Å². The van der Waals surface area contributed by atoms with Crippen molar-refractivity contribution in [1.82, 2.24) is 0 Å². The number of ether oxygens (including phenoxy) is 1. The predicted octanol–water partition coefficient (Wildman–Crippen LogP) is 3.32. The van der Waals surface area contributed by atoms with E-state index in [0.717, 1.165) is 11.3 Å². The number of hydrogen-bond donors (Lipinski definition) is 2. The van der Waals surface area contributed by atoms with Gasteiger partial charge in [-0.1, -0.05) is 45.0 Å². The van der Waals surface area contributed by atoms with Crippen LogP contribution in [0.25, 0.3) is 6.08 Å². The van der Waals surface area contributed by atoms with Gasteiger partial charge in [-0.05, 0) is 34.8 Å². The highest BCUT2D eigenvalue weighted by Gasteiger charge is 2.20. The Morgan fingerprint density at radius 2 is 1.90 bits per heavy atom. The molecule has 2 amide bonds. The van der Waals surface area contributed by atoms with Crippen molar-refractivity contribution in [2.45, 2.75) is 26.2 Å². The van der Waals surface area contributed by atoms with Gasteiger partial charge in [0.05, 0.1) is 18.8 Å². The van der Waals surface area contributed by atoms with Crippen molar-refractivity contribution in [2.75, 3.05) is 29.9 Å². The van der Waals surface area contributed by atoms with Gasteiger partial charge in [0.15, 0.2) is 0 Å². The van der Waals surface area contributed by atoms with Gasteiger partial charge in [-0.15, -0.1) is 0 Å².